The number of hydrogen-bond acceptors (Lipinski definition) is 3. The van der Waals surface area contributed by atoms with Gasteiger partial charge in [-0.2, -0.15) is 0 Å². The van der Waals surface area contributed by atoms with Gasteiger partial charge in [0.15, 0.2) is 0 Å². The minimum atomic E-state index is -0.0958. The quantitative estimate of drug-likeness (QED) is 0.853. The molecule has 1 aliphatic heterocycles. The molecule has 2 rings (SSSR count). The summed E-state index contributed by atoms with van der Waals surface area (Å²) in [6.45, 7) is 6.03. The minimum Gasteiger partial charge on any atom is -0.385 e. The molecule has 0 spiro atoms. The molecule has 0 atom stereocenters. The van der Waals surface area contributed by atoms with Gasteiger partial charge >= 0.3 is 0 Å². The molecule has 102 valence electrons. The number of benzene rings is 1. The van der Waals surface area contributed by atoms with Crippen molar-refractivity contribution in [1.29, 1.82) is 0 Å². The first-order valence-electron chi connectivity index (χ1n) is 6.52. The van der Waals surface area contributed by atoms with E-state index in [1.807, 2.05) is 32.0 Å². The summed E-state index contributed by atoms with van der Waals surface area (Å²) in [6.07, 6.45) is 0. The molecule has 1 heterocycles. The molecule has 1 aromatic rings. The Morgan fingerprint density at radius 2 is 2.26 bits per heavy atom. The lowest BCUT2D eigenvalue weighted by molar-refractivity contribution is -0.123. The van der Waals surface area contributed by atoms with Crippen molar-refractivity contribution in [2.24, 2.45) is 0 Å². The van der Waals surface area contributed by atoms with E-state index in [1.165, 1.54) is 0 Å². The van der Waals surface area contributed by atoms with E-state index in [1.54, 1.807) is 4.90 Å². The lowest BCUT2D eigenvalue weighted by Crippen LogP contribution is -2.50. The fraction of sp³-hybridized carbons (Fsp3) is 0.429. The van der Waals surface area contributed by atoms with Crippen molar-refractivity contribution in [2.75, 3.05) is 31.5 Å². The second-order valence-electron chi connectivity index (χ2n) is 4.64. The van der Waals surface area contributed by atoms with E-state index in [-0.39, 0.29) is 18.4 Å². The molecule has 1 aromatic carbocycles. The van der Waals surface area contributed by atoms with Gasteiger partial charge in [0, 0.05) is 30.9 Å². The Kier molecular flexibility index (Phi) is 4.04. The maximum atomic E-state index is 12.4. The number of hydrogen-bond donors (Lipinski definition) is 2. The van der Waals surface area contributed by atoms with E-state index in [2.05, 4.69) is 10.6 Å². The Labute approximate surface area is 113 Å². The van der Waals surface area contributed by atoms with Gasteiger partial charge in [-0.15, -0.1) is 0 Å². The Balaban J connectivity index is 2.16. The van der Waals surface area contributed by atoms with Gasteiger partial charge in [-0.3, -0.25) is 9.59 Å². The molecular formula is C14H19N3O2. The van der Waals surface area contributed by atoms with Crippen LogP contribution in [0.5, 0.6) is 0 Å². The van der Waals surface area contributed by atoms with Crippen LogP contribution < -0.4 is 10.6 Å². The lowest BCUT2D eigenvalue weighted by atomic mass is 10.1. The molecule has 0 saturated carbocycles. The van der Waals surface area contributed by atoms with Crippen molar-refractivity contribution >= 4 is 17.5 Å². The standard InChI is InChI=1S/C14H19N3O2/c1-3-15-11-4-5-12(10(2)8-11)14(19)17-7-6-16-13(18)9-17/h4-5,8,15H,3,6-7,9H2,1-2H3,(H,16,18). The fourth-order valence-corrected chi connectivity index (χ4v) is 2.20. The van der Waals surface area contributed by atoms with Crippen LogP contribution in [-0.2, 0) is 4.79 Å². The summed E-state index contributed by atoms with van der Waals surface area (Å²) in [4.78, 5) is 25.3. The lowest BCUT2D eigenvalue weighted by Gasteiger charge is -2.27. The maximum absolute atomic E-state index is 12.4. The highest BCUT2D eigenvalue weighted by Gasteiger charge is 2.23. The molecule has 5 nitrogen and oxygen atoms in total. The highest BCUT2D eigenvalue weighted by molar-refractivity contribution is 5.98. The van der Waals surface area contributed by atoms with Gasteiger partial charge in [0.1, 0.15) is 0 Å². The smallest absolute Gasteiger partial charge is 0.254 e. The summed E-state index contributed by atoms with van der Waals surface area (Å²) < 4.78 is 0. The number of amides is 2. The molecule has 0 aliphatic carbocycles. The third kappa shape index (κ3) is 3.05. The zero-order valence-electron chi connectivity index (χ0n) is 11.3. The third-order valence-electron chi connectivity index (χ3n) is 3.16. The summed E-state index contributed by atoms with van der Waals surface area (Å²) in [5, 5.41) is 5.93. The first kappa shape index (κ1) is 13.4. The van der Waals surface area contributed by atoms with Crippen molar-refractivity contribution in [3.8, 4) is 0 Å². The summed E-state index contributed by atoms with van der Waals surface area (Å²) in [6, 6.07) is 5.68. The Hall–Kier alpha value is -2.04. The second kappa shape index (κ2) is 5.73. The molecular weight excluding hydrogens is 242 g/mol. The van der Waals surface area contributed by atoms with Crippen molar-refractivity contribution in [3.05, 3.63) is 29.3 Å². The van der Waals surface area contributed by atoms with Gasteiger partial charge in [0.05, 0.1) is 6.54 Å². The molecule has 19 heavy (non-hydrogen) atoms. The molecule has 1 saturated heterocycles. The Morgan fingerprint density at radius 3 is 2.89 bits per heavy atom. The number of nitrogens with zero attached hydrogens (tertiary/aromatic N) is 1. The number of rotatable bonds is 3. The van der Waals surface area contributed by atoms with Crippen LogP contribution in [0.1, 0.15) is 22.8 Å². The minimum absolute atomic E-state index is 0.0737. The average Bonchev–Trinajstić information content (AvgIpc) is 2.38. The second-order valence-corrected chi connectivity index (χ2v) is 4.64. The first-order valence-corrected chi connectivity index (χ1v) is 6.52. The van der Waals surface area contributed by atoms with Gasteiger partial charge < -0.3 is 15.5 Å². The fourth-order valence-electron chi connectivity index (χ4n) is 2.20. The zero-order valence-corrected chi connectivity index (χ0v) is 11.3. The van der Waals surface area contributed by atoms with E-state index in [0.717, 1.165) is 17.8 Å². The monoisotopic (exact) mass is 261 g/mol. The van der Waals surface area contributed by atoms with Crippen LogP contribution in [-0.4, -0.2) is 42.9 Å². The van der Waals surface area contributed by atoms with Gasteiger partial charge in [0.25, 0.3) is 5.91 Å². The predicted octanol–water partition coefficient (Wildman–Crippen LogP) is 0.999. The number of aryl methyl sites for hydroxylation is 1. The van der Waals surface area contributed by atoms with Gasteiger partial charge in [-0.05, 0) is 37.6 Å². The molecule has 1 aliphatic rings. The third-order valence-corrected chi connectivity index (χ3v) is 3.16. The summed E-state index contributed by atoms with van der Waals surface area (Å²) in [7, 11) is 0. The summed E-state index contributed by atoms with van der Waals surface area (Å²) >= 11 is 0. The predicted molar refractivity (Wildman–Crippen MR) is 74.3 cm³/mol. The number of nitrogens with one attached hydrogen (secondary N) is 2. The number of carbonyl (C=O) groups excluding carboxylic acids is 2. The van der Waals surface area contributed by atoms with Crippen LogP contribution in [0.4, 0.5) is 5.69 Å². The Morgan fingerprint density at radius 1 is 1.47 bits per heavy atom. The number of piperazine rings is 1. The van der Waals surface area contributed by atoms with Crippen molar-refractivity contribution in [3.63, 3.8) is 0 Å². The topological polar surface area (TPSA) is 61.4 Å². The van der Waals surface area contributed by atoms with E-state index in [4.69, 9.17) is 0 Å². The van der Waals surface area contributed by atoms with E-state index in [0.29, 0.717) is 18.7 Å². The molecule has 2 N–H and O–H groups in total. The number of carbonyl (C=O) groups is 2. The van der Waals surface area contributed by atoms with Crippen LogP contribution in [0, 0.1) is 6.92 Å². The van der Waals surface area contributed by atoms with Crippen molar-refractivity contribution in [1.82, 2.24) is 10.2 Å². The maximum Gasteiger partial charge on any atom is 0.254 e. The normalized spacial score (nSPS) is 15.1. The first-order chi connectivity index (χ1) is 9.11. The highest BCUT2D eigenvalue weighted by Crippen LogP contribution is 2.17. The van der Waals surface area contributed by atoms with Gasteiger partial charge in [-0.25, -0.2) is 0 Å². The van der Waals surface area contributed by atoms with Crippen molar-refractivity contribution < 1.29 is 9.59 Å². The molecule has 2 amide bonds. The largest absolute Gasteiger partial charge is 0.385 e. The van der Waals surface area contributed by atoms with Gasteiger partial charge in [0.2, 0.25) is 5.91 Å². The SMILES string of the molecule is CCNc1ccc(C(=O)N2CCNC(=O)C2)c(C)c1. The molecule has 5 heteroatoms. The summed E-state index contributed by atoms with van der Waals surface area (Å²) in [5.74, 6) is -0.170. The van der Waals surface area contributed by atoms with Crippen LogP contribution in [0.3, 0.4) is 0 Å². The van der Waals surface area contributed by atoms with Gasteiger partial charge in [-0.1, -0.05) is 0 Å². The van der Waals surface area contributed by atoms with E-state index in [9.17, 15) is 9.59 Å². The van der Waals surface area contributed by atoms with Crippen LogP contribution in [0.25, 0.3) is 0 Å². The molecule has 0 aromatic heterocycles. The summed E-state index contributed by atoms with van der Waals surface area (Å²) in [5.41, 5.74) is 2.60. The van der Waals surface area contributed by atoms with Crippen LogP contribution in [0.15, 0.2) is 18.2 Å². The molecule has 0 unspecified atom stereocenters. The molecule has 0 radical (unpaired) electrons. The molecule has 0 bridgehead atoms. The molecule has 1 fully saturated rings. The van der Waals surface area contributed by atoms with Crippen LogP contribution in [0.2, 0.25) is 0 Å². The average molecular weight is 261 g/mol. The number of anilines is 1. The highest BCUT2D eigenvalue weighted by atomic mass is 16.2. The van der Waals surface area contributed by atoms with E-state index < -0.39 is 0 Å². The Bertz CT molecular complexity index is 499. The van der Waals surface area contributed by atoms with Crippen LogP contribution >= 0.6 is 0 Å². The van der Waals surface area contributed by atoms with E-state index >= 15 is 0 Å². The van der Waals surface area contributed by atoms with Crippen molar-refractivity contribution in [2.45, 2.75) is 13.8 Å². The zero-order chi connectivity index (χ0) is 13.8.